The number of rotatable bonds is 6. The molecular formula is C32H36N2O4S. The Labute approximate surface area is 234 Å². The van der Waals surface area contributed by atoms with E-state index in [1.165, 1.54) is 11.1 Å². The third-order valence-electron chi connectivity index (χ3n) is 8.24. The lowest BCUT2D eigenvalue weighted by molar-refractivity contribution is -0.137. The van der Waals surface area contributed by atoms with Crippen molar-refractivity contribution in [2.45, 2.75) is 51.7 Å². The van der Waals surface area contributed by atoms with Gasteiger partial charge < -0.3 is 19.0 Å². The lowest BCUT2D eigenvalue weighted by Crippen LogP contribution is -2.43. The molecular weight excluding hydrogens is 508 g/mol. The Balaban J connectivity index is 1.22. The molecule has 0 spiro atoms. The van der Waals surface area contributed by atoms with Crippen molar-refractivity contribution in [1.82, 2.24) is 9.80 Å². The van der Waals surface area contributed by atoms with Crippen molar-refractivity contribution in [3.8, 4) is 5.75 Å². The predicted octanol–water partition coefficient (Wildman–Crippen LogP) is 6.02. The fourth-order valence-electron chi connectivity index (χ4n) is 6.17. The predicted molar refractivity (Wildman–Crippen MR) is 153 cm³/mol. The number of hydrogen-bond donors (Lipinski definition) is 0. The van der Waals surface area contributed by atoms with Crippen LogP contribution in [0.15, 0.2) is 59.0 Å². The molecule has 39 heavy (non-hydrogen) atoms. The molecule has 1 aromatic heterocycles. The van der Waals surface area contributed by atoms with E-state index in [1.54, 1.807) is 6.07 Å². The first-order valence-electron chi connectivity index (χ1n) is 14.2. The number of hydrogen-bond acceptors (Lipinski definition) is 5. The zero-order valence-corrected chi connectivity index (χ0v) is 23.4. The number of thioether (sulfide) groups is 1. The summed E-state index contributed by atoms with van der Waals surface area (Å²) in [5, 5.41) is 0. The lowest BCUT2D eigenvalue weighted by Gasteiger charge is -2.39. The molecule has 2 fully saturated rings. The van der Waals surface area contributed by atoms with E-state index < -0.39 is 0 Å². The first-order valence-corrected chi connectivity index (χ1v) is 15.3. The van der Waals surface area contributed by atoms with Gasteiger partial charge in [-0.3, -0.25) is 9.59 Å². The van der Waals surface area contributed by atoms with Crippen LogP contribution in [0.4, 0.5) is 0 Å². The number of benzene rings is 2. The van der Waals surface area contributed by atoms with Gasteiger partial charge in [0.25, 0.3) is 5.91 Å². The Morgan fingerprint density at radius 2 is 1.82 bits per heavy atom. The molecule has 0 bridgehead atoms. The second-order valence-corrected chi connectivity index (χ2v) is 12.1. The molecule has 2 aliphatic heterocycles. The number of furan rings is 1. The summed E-state index contributed by atoms with van der Waals surface area (Å²) in [6, 6.07) is 18.2. The van der Waals surface area contributed by atoms with E-state index in [9.17, 15) is 9.59 Å². The van der Waals surface area contributed by atoms with Crippen molar-refractivity contribution in [2.75, 3.05) is 31.1 Å². The number of nitrogens with zero attached hydrogens (tertiary/aromatic N) is 2. The summed E-state index contributed by atoms with van der Waals surface area (Å²) in [5.74, 6) is 4.03. The summed E-state index contributed by atoms with van der Waals surface area (Å²) in [6.45, 7) is 4.59. The van der Waals surface area contributed by atoms with E-state index >= 15 is 0 Å². The molecule has 7 heteroatoms. The molecule has 0 unspecified atom stereocenters. The highest BCUT2D eigenvalue weighted by atomic mass is 32.2. The molecule has 6 nitrogen and oxygen atoms in total. The highest BCUT2D eigenvalue weighted by Gasteiger charge is 2.36. The second-order valence-electron chi connectivity index (χ2n) is 10.9. The van der Waals surface area contributed by atoms with Gasteiger partial charge in [0, 0.05) is 37.1 Å². The molecule has 2 amide bonds. The fraction of sp³-hybridized carbons (Fsp3) is 0.438. The van der Waals surface area contributed by atoms with Crippen LogP contribution in [-0.2, 0) is 17.8 Å². The van der Waals surface area contributed by atoms with Crippen LogP contribution in [0, 0.1) is 12.8 Å². The van der Waals surface area contributed by atoms with E-state index in [4.69, 9.17) is 9.15 Å². The van der Waals surface area contributed by atoms with Crippen LogP contribution >= 0.6 is 11.8 Å². The molecule has 6 rings (SSSR count). The number of carbonyl (C=O) groups excluding carboxylic acids is 2. The average molecular weight is 545 g/mol. The summed E-state index contributed by atoms with van der Waals surface area (Å²) >= 11 is 1.87. The van der Waals surface area contributed by atoms with Crippen molar-refractivity contribution >= 4 is 23.6 Å². The van der Waals surface area contributed by atoms with E-state index in [0.717, 1.165) is 80.1 Å². The van der Waals surface area contributed by atoms with E-state index in [-0.39, 0.29) is 30.4 Å². The molecule has 204 valence electrons. The summed E-state index contributed by atoms with van der Waals surface area (Å²) in [4.78, 5) is 30.4. The number of aryl methyl sites for hydroxylation is 1. The molecule has 1 aliphatic carbocycles. The van der Waals surface area contributed by atoms with Gasteiger partial charge in [-0.1, -0.05) is 48.7 Å². The average Bonchev–Trinajstić information content (AvgIpc) is 3.68. The number of amides is 2. The van der Waals surface area contributed by atoms with Crippen LogP contribution in [0.5, 0.6) is 5.75 Å². The highest BCUT2D eigenvalue weighted by molar-refractivity contribution is 7.99. The summed E-state index contributed by atoms with van der Waals surface area (Å²) in [7, 11) is 0. The van der Waals surface area contributed by atoms with Crippen molar-refractivity contribution in [3.63, 3.8) is 0 Å². The van der Waals surface area contributed by atoms with Gasteiger partial charge in [0.05, 0.1) is 6.04 Å². The Morgan fingerprint density at radius 3 is 2.62 bits per heavy atom. The molecule has 2 aromatic carbocycles. The van der Waals surface area contributed by atoms with Crippen molar-refractivity contribution < 1.29 is 18.7 Å². The topological polar surface area (TPSA) is 63.0 Å². The molecule has 1 saturated carbocycles. The minimum absolute atomic E-state index is 0.0525. The maximum absolute atomic E-state index is 13.7. The van der Waals surface area contributed by atoms with Crippen molar-refractivity contribution in [3.05, 3.63) is 88.4 Å². The molecule has 3 aromatic rings. The summed E-state index contributed by atoms with van der Waals surface area (Å²) in [5.41, 5.74) is 4.72. The highest BCUT2D eigenvalue weighted by Crippen LogP contribution is 2.40. The molecule has 3 aliphatic rings. The molecule has 3 heterocycles. The van der Waals surface area contributed by atoms with Crippen LogP contribution in [-0.4, -0.2) is 52.8 Å². The zero-order chi connectivity index (χ0) is 26.8. The molecule has 1 saturated heterocycles. The van der Waals surface area contributed by atoms with E-state index in [2.05, 4.69) is 48.2 Å². The van der Waals surface area contributed by atoms with Gasteiger partial charge in [0.2, 0.25) is 5.91 Å². The van der Waals surface area contributed by atoms with Crippen LogP contribution in [0.25, 0.3) is 0 Å². The maximum atomic E-state index is 13.7. The fourth-order valence-corrected chi connectivity index (χ4v) is 7.08. The minimum atomic E-state index is -0.124. The molecule has 0 N–H and O–H groups in total. The van der Waals surface area contributed by atoms with Crippen molar-refractivity contribution in [1.29, 1.82) is 0 Å². The molecule has 0 radical (unpaired) electrons. The Hall–Kier alpha value is -3.19. The second kappa shape index (κ2) is 11.5. The van der Waals surface area contributed by atoms with Crippen LogP contribution < -0.4 is 4.74 Å². The Bertz CT molecular complexity index is 1340. The SMILES string of the molecule is Cc1cccc([C@@H]2c3cc(OCc4ccc(C(=O)N5CCSCC5)o4)ccc3CCN2C(=O)C2CCCC2)c1. The van der Waals surface area contributed by atoms with Crippen molar-refractivity contribution in [2.24, 2.45) is 5.92 Å². The lowest BCUT2D eigenvalue weighted by atomic mass is 9.86. The maximum Gasteiger partial charge on any atom is 0.289 e. The number of ether oxygens (including phenoxy) is 1. The quantitative estimate of drug-likeness (QED) is 0.380. The summed E-state index contributed by atoms with van der Waals surface area (Å²) in [6.07, 6.45) is 5.12. The van der Waals surface area contributed by atoms with Gasteiger partial charge in [-0.25, -0.2) is 0 Å². The smallest absolute Gasteiger partial charge is 0.289 e. The Morgan fingerprint density at radius 1 is 1.00 bits per heavy atom. The van der Waals surface area contributed by atoms with E-state index in [0.29, 0.717) is 11.5 Å². The monoisotopic (exact) mass is 544 g/mol. The zero-order valence-electron chi connectivity index (χ0n) is 22.6. The van der Waals surface area contributed by atoms with Gasteiger partial charge >= 0.3 is 0 Å². The van der Waals surface area contributed by atoms with Crippen LogP contribution in [0.3, 0.4) is 0 Å². The molecule has 1 atom stereocenters. The standard InChI is InChI=1S/C32H36N2O4S/c1-22-5-4-8-25(19-22)30-28-20-26(10-9-23(28)13-14-34(30)31(35)24-6-2-3-7-24)37-21-27-11-12-29(38-27)32(36)33-15-17-39-18-16-33/h4-5,8-12,19-20,24,30H,2-3,6-7,13-18,21H2,1H3/t30-/m1/s1. The third kappa shape index (κ3) is 5.60. The van der Waals surface area contributed by atoms with Gasteiger partial charge in [0.15, 0.2) is 5.76 Å². The number of carbonyl (C=O) groups is 2. The first kappa shape index (κ1) is 26.1. The minimum Gasteiger partial charge on any atom is -0.486 e. The van der Waals surface area contributed by atoms with Gasteiger partial charge in [-0.05, 0) is 67.1 Å². The first-order chi connectivity index (χ1) is 19.1. The number of fused-ring (bicyclic) bond motifs is 1. The summed E-state index contributed by atoms with van der Waals surface area (Å²) < 4.78 is 12.0. The van der Waals surface area contributed by atoms with Gasteiger partial charge in [-0.15, -0.1) is 0 Å². The third-order valence-corrected chi connectivity index (χ3v) is 9.19. The van der Waals surface area contributed by atoms with Gasteiger partial charge in [0.1, 0.15) is 18.1 Å². The Kier molecular flexibility index (Phi) is 7.69. The van der Waals surface area contributed by atoms with Crippen LogP contribution in [0.1, 0.15) is 70.3 Å². The van der Waals surface area contributed by atoms with Crippen LogP contribution in [0.2, 0.25) is 0 Å². The van der Waals surface area contributed by atoms with Gasteiger partial charge in [-0.2, -0.15) is 11.8 Å². The normalized spacial score (nSPS) is 19.7. The van der Waals surface area contributed by atoms with E-state index in [1.807, 2.05) is 28.8 Å². The largest absolute Gasteiger partial charge is 0.486 e.